The zero-order valence-corrected chi connectivity index (χ0v) is 17.1. The van der Waals surface area contributed by atoms with E-state index in [4.69, 9.17) is 9.26 Å². The molecule has 0 atom stereocenters. The Balaban J connectivity index is 1.57. The van der Waals surface area contributed by atoms with E-state index >= 15 is 0 Å². The number of para-hydroxylation sites is 2. The molecule has 4 rings (SSSR count). The van der Waals surface area contributed by atoms with Gasteiger partial charge in [-0.1, -0.05) is 60.2 Å². The molecule has 29 heavy (non-hydrogen) atoms. The summed E-state index contributed by atoms with van der Waals surface area (Å²) in [6, 6.07) is 17.9. The summed E-state index contributed by atoms with van der Waals surface area (Å²) in [4.78, 5) is 4.36. The van der Waals surface area contributed by atoms with E-state index in [9.17, 15) is 0 Å². The summed E-state index contributed by atoms with van der Waals surface area (Å²) in [5.41, 5.74) is 2.05. The number of aromatic nitrogens is 5. The normalized spacial score (nSPS) is 11.0. The van der Waals surface area contributed by atoms with E-state index in [1.807, 2.05) is 73.0 Å². The average molecular weight is 407 g/mol. The van der Waals surface area contributed by atoms with Gasteiger partial charge >= 0.3 is 0 Å². The molecule has 0 spiro atoms. The van der Waals surface area contributed by atoms with Crippen molar-refractivity contribution >= 4 is 11.8 Å². The number of ether oxygens (including phenoxy) is 1. The Morgan fingerprint density at radius 3 is 2.59 bits per heavy atom. The molecule has 0 radical (unpaired) electrons. The van der Waals surface area contributed by atoms with E-state index in [0.29, 0.717) is 24.1 Å². The smallest absolute Gasteiger partial charge is 0.237 e. The molecule has 7 nitrogen and oxygen atoms in total. The Hall–Kier alpha value is -3.13. The van der Waals surface area contributed by atoms with Gasteiger partial charge in [0.05, 0.1) is 5.75 Å². The van der Waals surface area contributed by atoms with Crippen molar-refractivity contribution in [2.45, 2.75) is 37.8 Å². The molecule has 0 bridgehead atoms. The molecule has 0 saturated carbocycles. The predicted molar refractivity (Wildman–Crippen MR) is 110 cm³/mol. The Morgan fingerprint density at radius 1 is 1.03 bits per heavy atom. The van der Waals surface area contributed by atoms with Gasteiger partial charge in [-0.05, 0) is 30.7 Å². The fourth-order valence-electron chi connectivity index (χ4n) is 2.80. The van der Waals surface area contributed by atoms with Crippen molar-refractivity contribution in [1.29, 1.82) is 0 Å². The third-order valence-electron chi connectivity index (χ3n) is 4.32. The summed E-state index contributed by atoms with van der Waals surface area (Å²) in [6.45, 7) is 4.33. The van der Waals surface area contributed by atoms with E-state index in [1.54, 1.807) is 0 Å². The molecule has 2 aromatic carbocycles. The minimum Gasteiger partial charge on any atom is -0.485 e. The maximum Gasteiger partial charge on any atom is 0.237 e. The standard InChI is InChI=1S/C21H21N5O2S/c1-3-18-22-20(28-25-18)14-29-21-24-23-19(26(21)16-10-5-4-6-11-16)13-27-17-12-8-7-9-15(17)2/h4-12H,3,13-14H2,1-2H3. The third kappa shape index (κ3) is 4.48. The van der Waals surface area contributed by atoms with E-state index in [2.05, 4.69) is 20.3 Å². The van der Waals surface area contributed by atoms with Crippen LogP contribution in [0.4, 0.5) is 0 Å². The Bertz CT molecular complexity index is 1080. The van der Waals surface area contributed by atoms with Crippen LogP contribution in [-0.4, -0.2) is 24.9 Å². The van der Waals surface area contributed by atoms with E-state index in [1.165, 1.54) is 11.8 Å². The van der Waals surface area contributed by atoms with E-state index in [0.717, 1.165) is 34.4 Å². The summed E-state index contributed by atoms with van der Waals surface area (Å²) >= 11 is 1.50. The highest BCUT2D eigenvalue weighted by Crippen LogP contribution is 2.26. The van der Waals surface area contributed by atoms with Crippen LogP contribution >= 0.6 is 11.8 Å². The fourth-order valence-corrected chi connectivity index (χ4v) is 3.61. The molecule has 0 aliphatic rings. The predicted octanol–water partition coefficient (Wildman–Crippen LogP) is 4.39. The topological polar surface area (TPSA) is 78.9 Å². The molecule has 148 valence electrons. The number of hydrogen-bond acceptors (Lipinski definition) is 7. The van der Waals surface area contributed by atoms with E-state index < -0.39 is 0 Å². The van der Waals surface area contributed by atoms with Gasteiger partial charge in [-0.2, -0.15) is 4.98 Å². The molecule has 0 aliphatic carbocycles. The molecule has 0 saturated heterocycles. The lowest BCUT2D eigenvalue weighted by atomic mass is 10.2. The fraction of sp³-hybridized carbons (Fsp3) is 0.238. The number of hydrogen-bond donors (Lipinski definition) is 0. The molecule has 2 heterocycles. The highest BCUT2D eigenvalue weighted by atomic mass is 32.2. The molecule has 8 heteroatoms. The third-order valence-corrected chi connectivity index (χ3v) is 5.23. The quantitative estimate of drug-likeness (QED) is 0.401. The Kier molecular flexibility index (Phi) is 5.90. The van der Waals surface area contributed by atoms with Crippen LogP contribution in [-0.2, 0) is 18.8 Å². The zero-order chi connectivity index (χ0) is 20.1. The first kappa shape index (κ1) is 19.2. The molecule has 4 aromatic rings. The van der Waals surface area contributed by atoms with Gasteiger partial charge in [0.25, 0.3) is 0 Å². The minimum atomic E-state index is 0.313. The average Bonchev–Trinajstić information content (AvgIpc) is 3.39. The maximum atomic E-state index is 6.01. The SMILES string of the molecule is CCc1noc(CSc2nnc(COc3ccccc3C)n2-c2ccccc2)n1. The van der Waals surface area contributed by atoms with Gasteiger partial charge in [0, 0.05) is 12.1 Å². The molecule has 0 fully saturated rings. The molecular formula is C21H21N5O2S. The first-order valence-electron chi connectivity index (χ1n) is 9.37. The lowest BCUT2D eigenvalue weighted by molar-refractivity contribution is 0.291. The van der Waals surface area contributed by atoms with Crippen molar-refractivity contribution in [2.24, 2.45) is 0 Å². The summed E-state index contributed by atoms with van der Waals surface area (Å²) < 4.78 is 13.3. The van der Waals surface area contributed by atoms with Gasteiger partial charge in [0.15, 0.2) is 16.8 Å². The van der Waals surface area contributed by atoms with Crippen molar-refractivity contribution in [3.8, 4) is 11.4 Å². The van der Waals surface area contributed by atoms with Crippen LogP contribution in [0.25, 0.3) is 5.69 Å². The zero-order valence-electron chi connectivity index (χ0n) is 16.3. The number of aryl methyl sites for hydroxylation is 2. The second-order valence-electron chi connectivity index (χ2n) is 6.37. The van der Waals surface area contributed by atoms with Crippen LogP contribution in [0.15, 0.2) is 64.3 Å². The number of rotatable bonds is 8. The van der Waals surface area contributed by atoms with Crippen molar-refractivity contribution in [3.05, 3.63) is 77.7 Å². The molecule has 2 aromatic heterocycles. The van der Waals surface area contributed by atoms with Crippen molar-refractivity contribution in [3.63, 3.8) is 0 Å². The molecule has 0 aliphatic heterocycles. The van der Waals surface area contributed by atoms with Crippen LogP contribution in [0.5, 0.6) is 5.75 Å². The number of nitrogens with zero attached hydrogens (tertiary/aromatic N) is 5. The summed E-state index contributed by atoms with van der Waals surface area (Å²) in [5, 5.41) is 13.4. The van der Waals surface area contributed by atoms with Crippen LogP contribution in [0.1, 0.15) is 30.0 Å². The van der Waals surface area contributed by atoms with Gasteiger partial charge in [0.1, 0.15) is 12.4 Å². The van der Waals surface area contributed by atoms with Crippen LogP contribution in [0.2, 0.25) is 0 Å². The van der Waals surface area contributed by atoms with Gasteiger partial charge in [-0.15, -0.1) is 10.2 Å². The van der Waals surface area contributed by atoms with Crippen LogP contribution in [0.3, 0.4) is 0 Å². The van der Waals surface area contributed by atoms with Gasteiger partial charge in [-0.25, -0.2) is 0 Å². The lowest BCUT2D eigenvalue weighted by Gasteiger charge is -2.11. The number of thioether (sulfide) groups is 1. The molecule has 0 unspecified atom stereocenters. The Morgan fingerprint density at radius 2 is 1.83 bits per heavy atom. The highest BCUT2D eigenvalue weighted by Gasteiger charge is 2.17. The van der Waals surface area contributed by atoms with Crippen molar-refractivity contribution in [1.82, 2.24) is 24.9 Å². The van der Waals surface area contributed by atoms with Crippen LogP contribution in [0, 0.1) is 6.92 Å². The van der Waals surface area contributed by atoms with Gasteiger partial charge in [0.2, 0.25) is 5.89 Å². The Labute approximate surface area is 173 Å². The second-order valence-corrected chi connectivity index (χ2v) is 7.31. The first-order chi connectivity index (χ1) is 14.2. The highest BCUT2D eigenvalue weighted by molar-refractivity contribution is 7.98. The minimum absolute atomic E-state index is 0.313. The monoisotopic (exact) mass is 407 g/mol. The number of benzene rings is 2. The van der Waals surface area contributed by atoms with Gasteiger partial charge < -0.3 is 9.26 Å². The summed E-state index contributed by atoms with van der Waals surface area (Å²) in [6.07, 6.45) is 0.745. The van der Waals surface area contributed by atoms with Crippen molar-refractivity contribution < 1.29 is 9.26 Å². The summed E-state index contributed by atoms with van der Waals surface area (Å²) in [5.74, 6) is 3.37. The molecular weight excluding hydrogens is 386 g/mol. The summed E-state index contributed by atoms with van der Waals surface area (Å²) in [7, 11) is 0. The van der Waals surface area contributed by atoms with Crippen molar-refractivity contribution in [2.75, 3.05) is 0 Å². The largest absolute Gasteiger partial charge is 0.485 e. The van der Waals surface area contributed by atoms with E-state index in [-0.39, 0.29) is 0 Å². The molecule has 0 amide bonds. The van der Waals surface area contributed by atoms with Crippen LogP contribution < -0.4 is 4.74 Å². The first-order valence-corrected chi connectivity index (χ1v) is 10.4. The second kappa shape index (κ2) is 8.91. The maximum absolute atomic E-state index is 6.01. The van der Waals surface area contributed by atoms with Gasteiger partial charge in [-0.3, -0.25) is 4.57 Å². The molecule has 0 N–H and O–H groups in total. The lowest BCUT2D eigenvalue weighted by Crippen LogP contribution is -2.07.